The average Bonchev–Trinajstić information content (AvgIpc) is 3.13. The van der Waals surface area contributed by atoms with E-state index in [2.05, 4.69) is 11.7 Å². The maximum atomic E-state index is 12.9. The molecule has 1 aromatic carbocycles. The highest BCUT2D eigenvalue weighted by molar-refractivity contribution is 5.89. The number of hydrogen-bond donors (Lipinski definition) is 0. The maximum absolute atomic E-state index is 12.9. The van der Waals surface area contributed by atoms with Crippen LogP contribution in [0.15, 0.2) is 24.3 Å². The summed E-state index contributed by atoms with van der Waals surface area (Å²) in [6.45, 7) is 0.536. The Morgan fingerprint density at radius 3 is 2.48 bits per heavy atom. The third-order valence-corrected chi connectivity index (χ3v) is 5.22. The molecule has 5 nitrogen and oxygen atoms in total. The van der Waals surface area contributed by atoms with Gasteiger partial charge in [0.05, 0.1) is 5.56 Å². The number of hydrogen-bond acceptors (Lipinski definition) is 5. The van der Waals surface area contributed by atoms with Crippen molar-refractivity contribution in [2.75, 3.05) is 6.61 Å². The van der Waals surface area contributed by atoms with E-state index in [0.717, 1.165) is 18.8 Å². The molecule has 0 amide bonds. The molecule has 2 fully saturated rings. The SMILES string of the molecule is CC1(Oc2ccc(C(=O)OCC(F)(F)C(=O)[O-])cc2)CC2CCC1C2. The Morgan fingerprint density at radius 1 is 1.28 bits per heavy atom. The molecule has 2 aliphatic rings. The van der Waals surface area contributed by atoms with E-state index in [1.807, 2.05) is 0 Å². The molecular weight excluding hydrogens is 334 g/mol. The van der Waals surface area contributed by atoms with Crippen LogP contribution >= 0.6 is 0 Å². The molecule has 0 radical (unpaired) electrons. The molecule has 1 aromatic rings. The fraction of sp³-hybridized carbons (Fsp3) is 0.556. The van der Waals surface area contributed by atoms with Crippen LogP contribution in [0.5, 0.6) is 5.75 Å². The van der Waals surface area contributed by atoms with Gasteiger partial charge in [0.2, 0.25) is 0 Å². The lowest BCUT2D eigenvalue weighted by Gasteiger charge is -2.34. The van der Waals surface area contributed by atoms with Crippen molar-refractivity contribution in [1.82, 2.24) is 0 Å². The topological polar surface area (TPSA) is 75.7 Å². The molecule has 3 rings (SSSR count). The third-order valence-electron chi connectivity index (χ3n) is 5.22. The second kappa shape index (κ2) is 6.28. The summed E-state index contributed by atoms with van der Waals surface area (Å²) in [6.07, 6.45) is 4.62. The first-order valence-electron chi connectivity index (χ1n) is 8.25. The Kier molecular flexibility index (Phi) is 4.43. The minimum absolute atomic E-state index is 0.0413. The quantitative estimate of drug-likeness (QED) is 0.733. The third kappa shape index (κ3) is 3.60. The number of esters is 1. The largest absolute Gasteiger partial charge is 0.544 e. The number of carbonyl (C=O) groups is 2. The lowest BCUT2D eigenvalue weighted by atomic mass is 9.85. The molecule has 0 aromatic heterocycles. The van der Waals surface area contributed by atoms with Gasteiger partial charge in [-0.3, -0.25) is 0 Å². The number of aliphatic carboxylic acids is 1. The second-order valence-corrected chi connectivity index (χ2v) is 7.09. The molecule has 0 N–H and O–H groups in total. The van der Waals surface area contributed by atoms with Gasteiger partial charge in [0, 0.05) is 0 Å². The fourth-order valence-corrected chi connectivity index (χ4v) is 3.91. The Balaban J connectivity index is 1.59. The predicted octanol–water partition coefficient (Wildman–Crippen LogP) is 2.19. The van der Waals surface area contributed by atoms with Crippen LogP contribution in [0.1, 0.15) is 43.0 Å². The zero-order valence-electron chi connectivity index (χ0n) is 13.8. The number of carbonyl (C=O) groups excluding carboxylic acids is 2. The van der Waals surface area contributed by atoms with Crippen LogP contribution in [-0.2, 0) is 9.53 Å². The summed E-state index contributed by atoms with van der Waals surface area (Å²) in [7, 11) is 0. The van der Waals surface area contributed by atoms with Gasteiger partial charge in [-0.05, 0) is 68.7 Å². The highest BCUT2D eigenvalue weighted by atomic mass is 19.3. The van der Waals surface area contributed by atoms with Crippen molar-refractivity contribution in [3.05, 3.63) is 29.8 Å². The second-order valence-electron chi connectivity index (χ2n) is 7.09. The number of fused-ring (bicyclic) bond motifs is 2. The molecule has 0 aliphatic heterocycles. The molecule has 25 heavy (non-hydrogen) atoms. The number of carboxylic acid groups (broad SMARTS) is 1. The first kappa shape index (κ1) is 17.6. The highest BCUT2D eigenvalue weighted by Crippen LogP contribution is 2.52. The predicted molar refractivity (Wildman–Crippen MR) is 81.2 cm³/mol. The highest BCUT2D eigenvalue weighted by Gasteiger charge is 2.49. The molecular formula is C18H19F2O5-. The fourth-order valence-electron chi connectivity index (χ4n) is 3.91. The average molecular weight is 353 g/mol. The van der Waals surface area contributed by atoms with Crippen LogP contribution < -0.4 is 9.84 Å². The van der Waals surface area contributed by atoms with Gasteiger partial charge in [0.1, 0.15) is 17.3 Å². The summed E-state index contributed by atoms with van der Waals surface area (Å²) < 4.78 is 36.2. The molecule has 0 heterocycles. The van der Waals surface area contributed by atoms with Crippen molar-refractivity contribution < 1.29 is 33.0 Å². The van der Waals surface area contributed by atoms with Crippen LogP contribution in [0.25, 0.3) is 0 Å². The minimum atomic E-state index is -4.21. The molecule has 2 bridgehead atoms. The number of halogens is 2. The lowest BCUT2D eigenvalue weighted by Crippen LogP contribution is -2.45. The number of rotatable bonds is 6. The van der Waals surface area contributed by atoms with Gasteiger partial charge in [-0.15, -0.1) is 0 Å². The monoisotopic (exact) mass is 353 g/mol. The van der Waals surface area contributed by atoms with E-state index in [1.54, 1.807) is 12.1 Å². The van der Waals surface area contributed by atoms with Gasteiger partial charge in [-0.2, -0.15) is 8.78 Å². The Hall–Kier alpha value is -2.18. The number of alkyl halides is 2. The lowest BCUT2D eigenvalue weighted by molar-refractivity contribution is -0.331. The first-order valence-corrected chi connectivity index (χ1v) is 8.25. The molecule has 7 heteroatoms. The van der Waals surface area contributed by atoms with Gasteiger partial charge >= 0.3 is 11.9 Å². The normalized spacial score (nSPS) is 28.0. The van der Waals surface area contributed by atoms with Crippen LogP contribution in [-0.4, -0.2) is 30.1 Å². The van der Waals surface area contributed by atoms with E-state index >= 15 is 0 Å². The molecule has 0 saturated heterocycles. The summed E-state index contributed by atoms with van der Waals surface area (Å²) in [4.78, 5) is 21.9. The van der Waals surface area contributed by atoms with Gasteiger partial charge in [-0.25, -0.2) is 4.79 Å². The van der Waals surface area contributed by atoms with Crippen molar-refractivity contribution in [1.29, 1.82) is 0 Å². The Morgan fingerprint density at radius 2 is 1.96 bits per heavy atom. The summed E-state index contributed by atoms with van der Waals surface area (Å²) >= 11 is 0. The Bertz CT molecular complexity index is 673. The summed E-state index contributed by atoms with van der Waals surface area (Å²) in [5, 5.41) is 10.2. The number of carboxylic acids is 1. The molecule has 3 atom stereocenters. The minimum Gasteiger partial charge on any atom is -0.544 e. The number of benzene rings is 1. The van der Waals surface area contributed by atoms with Gasteiger partial charge in [-0.1, -0.05) is 0 Å². The first-order chi connectivity index (χ1) is 11.7. The van der Waals surface area contributed by atoms with Crippen LogP contribution in [0.4, 0.5) is 8.78 Å². The Labute approximate surface area is 143 Å². The standard InChI is InChI=1S/C18H20F2O5/c1-17(9-11-2-5-13(17)8-11)25-14-6-3-12(4-7-14)15(21)24-10-18(19,20)16(22)23/h3-4,6-7,11,13H,2,5,8-10H2,1H3,(H,22,23)/p-1. The van der Waals surface area contributed by atoms with E-state index in [1.165, 1.54) is 25.0 Å². The van der Waals surface area contributed by atoms with Crippen LogP contribution in [0, 0.1) is 11.8 Å². The van der Waals surface area contributed by atoms with Crippen molar-refractivity contribution in [3.63, 3.8) is 0 Å². The van der Waals surface area contributed by atoms with Crippen molar-refractivity contribution in [3.8, 4) is 5.75 Å². The van der Waals surface area contributed by atoms with Crippen molar-refractivity contribution >= 4 is 11.9 Å². The van der Waals surface area contributed by atoms with Gasteiger partial charge in [0.15, 0.2) is 6.61 Å². The zero-order valence-corrected chi connectivity index (χ0v) is 13.8. The maximum Gasteiger partial charge on any atom is 0.338 e. The zero-order chi connectivity index (χ0) is 18.2. The molecule has 2 saturated carbocycles. The molecule has 136 valence electrons. The van der Waals surface area contributed by atoms with E-state index in [-0.39, 0.29) is 11.2 Å². The smallest absolute Gasteiger partial charge is 0.338 e. The van der Waals surface area contributed by atoms with Crippen molar-refractivity contribution in [2.45, 2.75) is 44.1 Å². The van der Waals surface area contributed by atoms with Crippen molar-refractivity contribution in [2.24, 2.45) is 11.8 Å². The number of ether oxygens (including phenoxy) is 2. The molecule has 0 spiro atoms. The summed E-state index contributed by atoms with van der Waals surface area (Å²) in [5.74, 6) is -5.97. The van der Waals surface area contributed by atoms with Crippen LogP contribution in [0.3, 0.4) is 0 Å². The van der Waals surface area contributed by atoms with Crippen LogP contribution in [0.2, 0.25) is 0 Å². The molecule has 2 aliphatic carbocycles. The van der Waals surface area contributed by atoms with Gasteiger partial charge < -0.3 is 19.4 Å². The summed E-state index contributed by atoms with van der Waals surface area (Å²) in [5.41, 5.74) is -0.166. The van der Waals surface area contributed by atoms with Gasteiger partial charge in [0.25, 0.3) is 0 Å². The molecule has 3 unspecified atom stereocenters. The van der Waals surface area contributed by atoms with E-state index < -0.39 is 24.5 Å². The van der Waals surface area contributed by atoms with E-state index in [9.17, 15) is 23.5 Å². The van der Waals surface area contributed by atoms with E-state index in [4.69, 9.17) is 4.74 Å². The summed E-state index contributed by atoms with van der Waals surface area (Å²) in [6, 6.07) is 5.99. The van der Waals surface area contributed by atoms with E-state index in [0.29, 0.717) is 11.7 Å².